The molecule has 19 heavy (non-hydrogen) atoms. The van der Waals surface area contributed by atoms with E-state index in [1.165, 1.54) is 4.88 Å². The predicted octanol–water partition coefficient (Wildman–Crippen LogP) is 3.38. The highest BCUT2D eigenvalue weighted by Gasteiger charge is 2.27. The minimum atomic E-state index is 0.183. The monoisotopic (exact) mass is 344 g/mol. The molecule has 1 amide bonds. The summed E-state index contributed by atoms with van der Waals surface area (Å²) in [5.41, 5.74) is 5.90. The number of halogens is 1. The molecule has 0 spiro atoms. The van der Waals surface area contributed by atoms with Gasteiger partial charge in [0.1, 0.15) is 0 Å². The van der Waals surface area contributed by atoms with Gasteiger partial charge in [0, 0.05) is 23.4 Å². The van der Waals surface area contributed by atoms with Gasteiger partial charge in [0.15, 0.2) is 0 Å². The Balaban J connectivity index is 1.95. The van der Waals surface area contributed by atoms with Crippen molar-refractivity contribution in [3.63, 3.8) is 0 Å². The van der Waals surface area contributed by atoms with Gasteiger partial charge in [-0.1, -0.05) is 0 Å². The predicted molar refractivity (Wildman–Crippen MR) is 83.0 cm³/mol. The minimum Gasteiger partial charge on any atom is -0.338 e. The van der Waals surface area contributed by atoms with Crippen LogP contribution in [0.2, 0.25) is 0 Å². The first-order valence-electron chi connectivity index (χ1n) is 6.88. The van der Waals surface area contributed by atoms with Crippen LogP contribution in [0, 0.1) is 5.92 Å². The zero-order valence-electron chi connectivity index (χ0n) is 11.3. The molecule has 1 saturated carbocycles. The second-order valence-electron chi connectivity index (χ2n) is 5.17. The second-order valence-corrected chi connectivity index (χ2v) is 7.72. The van der Waals surface area contributed by atoms with Crippen LogP contribution in [-0.4, -0.2) is 23.4 Å². The van der Waals surface area contributed by atoms with Crippen LogP contribution in [0.25, 0.3) is 0 Å². The molecule has 0 radical (unpaired) electrons. The van der Waals surface area contributed by atoms with Crippen molar-refractivity contribution in [2.24, 2.45) is 11.7 Å². The lowest BCUT2D eigenvalue weighted by Crippen LogP contribution is -2.38. The van der Waals surface area contributed by atoms with Gasteiger partial charge in [-0.15, -0.1) is 11.3 Å². The summed E-state index contributed by atoms with van der Waals surface area (Å²) >= 11 is 5.16. The third-order valence-corrected chi connectivity index (χ3v) is 5.40. The zero-order valence-corrected chi connectivity index (χ0v) is 13.7. The molecular weight excluding hydrogens is 324 g/mol. The number of rotatable bonds is 4. The fraction of sp³-hybridized carbons (Fsp3) is 0.643. The summed E-state index contributed by atoms with van der Waals surface area (Å²) in [5, 5.41) is 0. The van der Waals surface area contributed by atoms with Crippen molar-refractivity contribution in [3.8, 4) is 0 Å². The molecule has 1 fully saturated rings. The van der Waals surface area contributed by atoms with E-state index in [4.69, 9.17) is 5.73 Å². The van der Waals surface area contributed by atoms with E-state index in [-0.39, 0.29) is 5.92 Å². The molecular formula is C14H21BrN2OS. The lowest BCUT2D eigenvalue weighted by molar-refractivity contribution is -0.137. The van der Waals surface area contributed by atoms with Crippen LogP contribution in [0.1, 0.15) is 37.5 Å². The second kappa shape index (κ2) is 6.86. The summed E-state index contributed by atoms with van der Waals surface area (Å²) in [6, 6.07) is 4.42. The maximum absolute atomic E-state index is 12.5. The Morgan fingerprint density at radius 1 is 1.42 bits per heavy atom. The fourth-order valence-corrected chi connectivity index (χ4v) is 4.09. The van der Waals surface area contributed by atoms with Gasteiger partial charge in [0.05, 0.1) is 10.3 Å². The third kappa shape index (κ3) is 4.04. The van der Waals surface area contributed by atoms with Gasteiger partial charge in [-0.05, 0) is 60.7 Å². The first-order chi connectivity index (χ1) is 9.10. The summed E-state index contributed by atoms with van der Waals surface area (Å²) < 4.78 is 1.12. The highest BCUT2D eigenvalue weighted by Crippen LogP contribution is 2.27. The molecule has 0 bridgehead atoms. The first kappa shape index (κ1) is 15.0. The van der Waals surface area contributed by atoms with Crippen molar-refractivity contribution in [1.29, 1.82) is 0 Å². The fourth-order valence-electron chi connectivity index (χ4n) is 2.59. The average Bonchev–Trinajstić information content (AvgIpc) is 2.81. The van der Waals surface area contributed by atoms with Crippen LogP contribution in [0.5, 0.6) is 0 Å². The van der Waals surface area contributed by atoms with E-state index in [1.807, 2.05) is 11.0 Å². The Kier molecular flexibility index (Phi) is 5.42. The SMILES string of the molecule is CCN(Cc1ccc(Br)s1)C(=O)C1CCC(N)CC1. The van der Waals surface area contributed by atoms with E-state index in [1.54, 1.807) is 11.3 Å². The number of carbonyl (C=O) groups is 1. The van der Waals surface area contributed by atoms with E-state index in [0.29, 0.717) is 11.9 Å². The summed E-state index contributed by atoms with van der Waals surface area (Å²) in [4.78, 5) is 15.7. The molecule has 0 atom stereocenters. The van der Waals surface area contributed by atoms with E-state index >= 15 is 0 Å². The average molecular weight is 345 g/mol. The number of thiophene rings is 1. The van der Waals surface area contributed by atoms with Crippen molar-refractivity contribution in [1.82, 2.24) is 4.90 Å². The number of carbonyl (C=O) groups excluding carboxylic acids is 1. The topological polar surface area (TPSA) is 46.3 Å². The normalized spacial score (nSPS) is 23.3. The largest absolute Gasteiger partial charge is 0.338 e. The van der Waals surface area contributed by atoms with Crippen molar-refractivity contribution in [2.75, 3.05) is 6.54 Å². The van der Waals surface area contributed by atoms with Gasteiger partial charge in [-0.3, -0.25) is 4.79 Å². The number of hydrogen-bond acceptors (Lipinski definition) is 3. The summed E-state index contributed by atoms with van der Waals surface area (Å²) in [6.45, 7) is 3.56. The molecule has 0 unspecified atom stereocenters. The summed E-state index contributed by atoms with van der Waals surface area (Å²) in [6.07, 6.45) is 3.87. The molecule has 1 aromatic heterocycles. The third-order valence-electron chi connectivity index (χ3n) is 3.79. The van der Waals surface area contributed by atoms with Gasteiger partial charge >= 0.3 is 0 Å². The van der Waals surface area contributed by atoms with Gasteiger partial charge in [0.25, 0.3) is 0 Å². The molecule has 1 aromatic rings. The van der Waals surface area contributed by atoms with Crippen molar-refractivity contribution in [2.45, 2.75) is 45.2 Å². The highest BCUT2D eigenvalue weighted by molar-refractivity contribution is 9.11. The van der Waals surface area contributed by atoms with Gasteiger partial charge in [-0.2, -0.15) is 0 Å². The molecule has 1 aliphatic carbocycles. The van der Waals surface area contributed by atoms with E-state index in [2.05, 4.69) is 28.9 Å². The van der Waals surface area contributed by atoms with Crippen molar-refractivity contribution >= 4 is 33.2 Å². The smallest absolute Gasteiger partial charge is 0.225 e. The van der Waals surface area contributed by atoms with Crippen LogP contribution in [-0.2, 0) is 11.3 Å². The maximum atomic E-state index is 12.5. The Morgan fingerprint density at radius 3 is 2.63 bits per heavy atom. The number of nitrogens with two attached hydrogens (primary N) is 1. The van der Waals surface area contributed by atoms with Crippen molar-refractivity contribution in [3.05, 3.63) is 20.8 Å². The van der Waals surface area contributed by atoms with Crippen LogP contribution in [0.3, 0.4) is 0 Å². The van der Waals surface area contributed by atoms with Crippen LogP contribution in [0.15, 0.2) is 15.9 Å². The Hall–Kier alpha value is -0.390. The Bertz CT molecular complexity index is 427. The molecule has 0 aromatic carbocycles. The van der Waals surface area contributed by atoms with Crippen LogP contribution in [0.4, 0.5) is 0 Å². The molecule has 1 aliphatic rings. The molecule has 106 valence electrons. The summed E-state index contributed by atoms with van der Waals surface area (Å²) in [7, 11) is 0. The number of nitrogens with zero attached hydrogens (tertiary/aromatic N) is 1. The quantitative estimate of drug-likeness (QED) is 0.909. The Morgan fingerprint density at radius 2 is 2.11 bits per heavy atom. The van der Waals surface area contributed by atoms with Crippen molar-refractivity contribution < 1.29 is 4.79 Å². The molecule has 2 N–H and O–H groups in total. The van der Waals surface area contributed by atoms with Gasteiger partial charge < -0.3 is 10.6 Å². The molecule has 1 heterocycles. The van der Waals surface area contributed by atoms with Crippen LogP contribution >= 0.6 is 27.3 Å². The molecule has 0 saturated heterocycles. The minimum absolute atomic E-state index is 0.183. The van der Waals surface area contributed by atoms with Crippen LogP contribution < -0.4 is 5.73 Å². The maximum Gasteiger partial charge on any atom is 0.225 e. The summed E-state index contributed by atoms with van der Waals surface area (Å²) in [5.74, 6) is 0.488. The number of amides is 1. The lowest BCUT2D eigenvalue weighted by atomic mass is 9.85. The van der Waals surface area contributed by atoms with Gasteiger partial charge in [-0.25, -0.2) is 0 Å². The first-order valence-corrected chi connectivity index (χ1v) is 8.49. The molecule has 5 heteroatoms. The molecule has 2 rings (SSSR count). The van der Waals surface area contributed by atoms with E-state index in [9.17, 15) is 4.79 Å². The van der Waals surface area contributed by atoms with Gasteiger partial charge in [0.2, 0.25) is 5.91 Å². The molecule has 0 aliphatic heterocycles. The standard InChI is InChI=1S/C14H21BrN2OS/c1-2-17(9-12-7-8-13(15)19-12)14(18)10-3-5-11(16)6-4-10/h7-8,10-11H,2-6,9,16H2,1H3. The highest BCUT2D eigenvalue weighted by atomic mass is 79.9. The molecule has 3 nitrogen and oxygen atoms in total. The number of hydrogen-bond donors (Lipinski definition) is 1. The Labute approximate surface area is 127 Å². The van der Waals surface area contributed by atoms with E-state index < -0.39 is 0 Å². The zero-order chi connectivity index (χ0) is 13.8. The van der Waals surface area contributed by atoms with E-state index in [0.717, 1.165) is 42.6 Å². The lowest BCUT2D eigenvalue weighted by Gasteiger charge is -2.30.